The van der Waals surface area contributed by atoms with Crippen LogP contribution in [0.1, 0.15) is 58.6 Å². The predicted octanol–water partition coefficient (Wildman–Crippen LogP) is 7.14. The summed E-state index contributed by atoms with van der Waals surface area (Å²) in [5, 5.41) is 21.5. The number of alkyl carbamates (subject to hydrolysis) is 1. The Kier molecular flexibility index (Phi) is 11.8. The summed E-state index contributed by atoms with van der Waals surface area (Å²) in [6.07, 6.45) is -1.96. The molecule has 11 nitrogen and oxygen atoms in total. The highest BCUT2D eigenvalue weighted by Gasteiger charge is 2.40. The minimum absolute atomic E-state index is 0.0216. The number of aliphatic hydroxyl groups excluding tert-OH is 1. The van der Waals surface area contributed by atoms with E-state index in [0.29, 0.717) is 5.75 Å². The zero-order valence-electron chi connectivity index (χ0n) is 29.8. The van der Waals surface area contributed by atoms with Crippen LogP contribution < -0.4 is 5.32 Å². The molecule has 3 amide bonds. The SMILES string of the molecule is Cc1nnc(SC[C@@H]2O[C@H](c3cccc(-c4cccc(CN5C(=O)CC(NC(=O)OCc6ccccc6)C5=O)c4)c3)O[C@H](c3ccc(CO)cc3)[C@@H]2C)s1. The Hall–Kier alpha value is -4.92. The number of ether oxygens (including phenoxy) is 3. The molecule has 0 spiro atoms. The van der Waals surface area contributed by atoms with Crippen LogP contribution >= 0.6 is 23.1 Å². The standard InChI is InChI=1S/C41H40N4O7S2/c1-25-35(24-53-41-44-43-26(2)54-41)51-39(52-37(25)30-16-14-27(22-46)15-17-30)33-13-7-12-32(19-33)31-11-6-10-29(18-31)21-45-36(47)20-34(38(45)48)42-40(49)50-23-28-8-4-3-5-9-28/h3-19,25,34-35,37,39,46H,20-24H2,1-2H3,(H,42,49)/t25-,34?,35+,37+,39+/m1/s1. The third-order valence-corrected chi connectivity index (χ3v) is 11.6. The molecule has 2 N–H and O–H groups in total. The van der Waals surface area contributed by atoms with Gasteiger partial charge in [-0.25, -0.2) is 4.79 Å². The van der Waals surface area contributed by atoms with Crippen molar-refractivity contribution in [3.63, 3.8) is 0 Å². The molecule has 1 unspecified atom stereocenters. The van der Waals surface area contributed by atoms with Gasteiger partial charge < -0.3 is 24.6 Å². The molecule has 2 saturated heterocycles. The Morgan fingerprint density at radius 2 is 1.65 bits per heavy atom. The Morgan fingerprint density at radius 3 is 2.39 bits per heavy atom. The largest absolute Gasteiger partial charge is 0.445 e. The number of carbonyl (C=O) groups is 3. The zero-order chi connectivity index (χ0) is 37.6. The average molecular weight is 765 g/mol. The fraction of sp³-hybridized carbons (Fsp3) is 0.293. The monoisotopic (exact) mass is 764 g/mol. The summed E-state index contributed by atoms with van der Waals surface area (Å²) < 4.78 is 19.5. The minimum atomic E-state index is -0.986. The lowest BCUT2D eigenvalue weighted by Crippen LogP contribution is -2.41. The molecule has 278 valence electrons. The van der Waals surface area contributed by atoms with Gasteiger partial charge in [-0.3, -0.25) is 14.5 Å². The van der Waals surface area contributed by atoms with Crippen LogP contribution in [0.25, 0.3) is 11.1 Å². The quantitative estimate of drug-likeness (QED) is 0.0995. The number of rotatable bonds is 12. The number of aryl methyl sites for hydroxylation is 1. The Morgan fingerprint density at radius 1 is 0.907 bits per heavy atom. The molecule has 5 atom stereocenters. The van der Waals surface area contributed by atoms with Crippen LogP contribution in [0.2, 0.25) is 0 Å². The van der Waals surface area contributed by atoms with Crippen molar-refractivity contribution >= 4 is 41.0 Å². The first kappa shape index (κ1) is 37.4. The molecule has 2 fully saturated rings. The average Bonchev–Trinajstić information content (AvgIpc) is 3.74. The van der Waals surface area contributed by atoms with E-state index in [1.54, 1.807) is 23.1 Å². The molecule has 7 rings (SSSR count). The molecule has 4 aromatic carbocycles. The van der Waals surface area contributed by atoms with Crippen molar-refractivity contribution in [1.29, 1.82) is 0 Å². The Labute approximate surface area is 321 Å². The number of carbonyl (C=O) groups excluding carboxylic acids is 3. The van der Waals surface area contributed by atoms with Gasteiger partial charge in [0.15, 0.2) is 10.6 Å². The number of hydrogen-bond donors (Lipinski definition) is 2. The summed E-state index contributed by atoms with van der Waals surface area (Å²) in [6.45, 7) is 4.16. The summed E-state index contributed by atoms with van der Waals surface area (Å²) in [4.78, 5) is 39.8. The molecule has 5 aromatic rings. The normalized spacial score (nSPS) is 21.3. The van der Waals surface area contributed by atoms with E-state index < -0.39 is 24.3 Å². The summed E-state index contributed by atoms with van der Waals surface area (Å²) in [6, 6.07) is 31.7. The van der Waals surface area contributed by atoms with Crippen molar-refractivity contribution in [2.24, 2.45) is 5.92 Å². The number of aromatic nitrogens is 2. The van der Waals surface area contributed by atoms with Crippen LogP contribution in [0, 0.1) is 12.8 Å². The molecule has 54 heavy (non-hydrogen) atoms. The number of likely N-dealkylation sites (tertiary alicyclic amines) is 1. The van der Waals surface area contributed by atoms with Gasteiger partial charge in [-0.15, -0.1) is 10.2 Å². The van der Waals surface area contributed by atoms with E-state index in [1.165, 1.54) is 4.90 Å². The fourth-order valence-electron chi connectivity index (χ4n) is 6.57. The van der Waals surface area contributed by atoms with Gasteiger partial charge in [0.25, 0.3) is 5.91 Å². The third-order valence-electron chi connectivity index (χ3n) is 9.51. The van der Waals surface area contributed by atoms with Gasteiger partial charge in [-0.05, 0) is 52.4 Å². The van der Waals surface area contributed by atoms with Crippen LogP contribution in [0.5, 0.6) is 0 Å². The molecular weight excluding hydrogens is 725 g/mol. The van der Waals surface area contributed by atoms with Gasteiger partial charge in [-0.2, -0.15) is 0 Å². The lowest BCUT2D eigenvalue weighted by atomic mass is 9.91. The predicted molar refractivity (Wildman–Crippen MR) is 204 cm³/mol. The van der Waals surface area contributed by atoms with Crippen LogP contribution in [-0.4, -0.2) is 56.0 Å². The highest BCUT2D eigenvalue weighted by atomic mass is 32.2. The van der Waals surface area contributed by atoms with Crippen molar-refractivity contribution in [3.05, 3.63) is 136 Å². The molecule has 0 saturated carbocycles. The number of amides is 3. The van der Waals surface area contributed by atoms with E-state index in [4.69, 9.17) is 14.2 Å². The molecule has 0 aliphatic carbocycles. The maximum Gasteiger partial charge on any atom is 0.408 e. The Balaban J connectivity index is 1.05. The van der Waals surface area contributed by atoms with E-state index in [1.807, 2.05) is 110 Å². The van der Waals surface area contributed by atoms with Crippen molar-refractivity contribution in [3.8, 4) is 11.1 Å². The zero-order valence-corrected chi connectivity index (χ0v) is 31.4. The number of thioether (sulfide) groups is 1. The summed E-state index contributed by atoms with van der Waals surface area (Å²) in [7, 11) is 0. The third kappa shape index (κ3) is 8.88. The molecule has 13 heteroatoms. The van der Waals surface area contributed by atoms with E-state index in [0.717, 1.165) is 48.3 Å². The number of hydrogen-bond acceptors (Lipinski definition) is 11. The van der Waals surface area contributed by atoms with Gasteiger partial charge in [-0.1, -0.05) is 121 Å². The smallest absolute Gasteiger partial charge is 0.408 e. The minimum Gasteiger partial charge on any atom is -0.445 e. The van der Waals surface area contributed by atoms with E-state index in [-0.39, 0.29) is 50.2 Å². The number of nitrogens with zero attached hydrogens (tertiary/aromatic N) is 3. The first-order chi connectivity index (χ1) is 26.2. The molecule has 3 heterocycles. The molecule has 0 radical (unpaired) electrons. The van der Waals surface area contributed by atoms with E-state index in [9.17, 15) is 19.5 Å². The second-order valence-corrected chi connectivity index (χ2v) is 15.8. The van der Waals surface area contributed by atoms with Crippen LogP contribution in [0.4, 0.5) is 4.79 Å². The summed E-state index contributed by atoms with van der Waals surface area (Å²) in [5.74, 6) is -0.147. The summed E-state index contributed by atoms with van der Waals surface area (Å²) in [5.41, 5.74) is 6.08. The van der Waals surface area contributed by atoms with Crippen LogP contribution in [-0.2, 0) is 43.6 Å². The van der Waals surface area contributed by atoms with Crippen LogP contribution in [0.15, 0.2) is 107 Å². The number of nitrogens with one attached hydrogen (secondary N) is 1. The number of benzene rings is 4. The lowest BCUT2D eigenvalue weighted by Gasteiger charge is -2.41. The van der Waals surface area contributed by atoms with Crippen molar-refractivity contribution in [2.45, 2.75) is 68.9 Å². The molecule has 2 aliphatic rings. The van der Waals surface area contributed by atoms with Gasteiger partial charge in [0.05, 0.1) is 31.8 Å². The van der Waals surface area contributed by atoms with E-state index >= 15 is 0 Å². The molecule has 2 aliphatic heterocycles. The van der Waals surface area contributed by atoms with E-state index in [2.05, 4.69) is 22.4 Å². The number of aliphatic hydroxyl groups is 1. The van der Waals surface area contributed by atoms with Crippen molar-refractivity contribution < 1.29 is 33.7 Å². The van der Waals surface area contributed by atoms with Crippen molar-refractivity contribution in [1.82, 2.24) is 20.4 Å². The highest BCUT2D eigenvalue weighted by Crippen LogP contribution is 2.43. The van der Waals surface area contributed by atoms with Gasteiger partial charge in [0.2, 0.25) is 5.91 Å². The maximum atomic E-state index is 13.2. The second-order valence-electron chi connectivity index (χ2n) is 13.3. The number of imide groups is 1. The lowest BCUT2D eigenvalue weighted by molar-refractivity contribution is -0.268. The molecular formula is C41H40N4O7S2. The maximum absolute atomic E-state index is 13.2. The second kappa shape index (κ2) is 17.0. The van der Waals surface area contributed by atoms with Gasteiger partial charge >= 0.3 is 6.09 Å². The van der Waals surface area contributed by atoms with Crippen molar-refractivity contribution in [2.75, 3.05) is 5.75 Å². The topological polar surface area (TPSA) is 140 Å². The molecule has 0 bridgehead atoms. The summed E-state index contributed by atoms with van der Waals surface area (Å²) >= 11 is 3.18. The van der Waals surface area contributed by atoms with Gasteiger partial charge in [0.1, 0.15) is 17.7 Å². The first-order valence-electron chi connectivity index (χ1n) is 17.7. The highest BCUT2D eigenvalue weighted by molar-refractivity contribution is 8.01. The molecule has 1 aromatic heterocycles. The van der Waals surface area contributed by atoms with Crippen LogP contribution in [0.3, 0.4) is 0 Å². The van der Waals surface area contributed by atoms with Gasteiger partial charge in [0, 0.05) is 17.2 Å². The first-order valence-corrected chi connectivity index (χ1v) is 19.5. The fourth-order valence-corrected chi connectivity index (χ4v) is 8.57. The Bertz CT molecular complexity index is 2090.